The molecule has 2 aromatic rings. The highest BCUT2D eigenvalue weighted by Crippen LogP contribution is 2.15. The summed E-state index contributed by atoms with van der Waals surface area (Å²) in [5.74, 6) is -1.53. The van der Waals surface area contributed by atoms with Crippen molar-refractivity contribution in [2.45, 2.75) is 0 Å². The molecule has 1 aromatic heterocycles. The summed E-state index contributed by atoms with van der Waals surface area (Å²) >= 11 is 0. The highest BCUT2D eigenvalue weighted by Gasteiger charge is 2.14. The number of hydrogen-bond donors (Lipinski definition) is 2. The molecule has 0 saturated carbocycles. The van der Waals surface area contributed by atoms with Crippen molar-refractivity contribution in [2.75, 3.05) is 5.32 Å². The Morgan fingerprint density at radius 2 is 2.00 bits per heavy atom. The molecule has 2 N–H and O–H groups in total. The van der Waals surface area contributed by atoms with Crippen molar-refractivity contribution in [3.8, 4) is 0 Å². The van der Waals surface area contributed by atoms with Crippen LogP contribution in [-0.2, 0) is 7.05 Å². The Bertz CT molecular complexity index is 604. The van der Waals surface area contributed by atoms with Gasteiger partial charge < -0.3 is 10.4 Å². The molecule has 0 aliphatic heterocycles. The highest BCUT2D eigenvalue weighted by molar-refractivity contribution is 6.06. The standard InChI is InChI=1S/C12H11N3O3/c1-15-7-6-10(14-15)11(16)13-9-5-3-2-4-8(9)12(17)18/h2-7H,1H3,(H,13,16)(H,17,18). The number of para-hydroxylation sites is 1. The van der Waals surface area contributed by atoms with Gasteiger partial charge in [0.25, 0.3) is 5.91 Å². The van der Waals surface area contributed by atoms with Crippen LogP contribution in [0.25, 0.3) is 0 Å². The third-order valence-corrected chi connectivity index (χ3v) is 2.35. The average Bonchev–Trinajstić information content (AvgIpc) is 2.76. The molecule has 0 atom stereocenters. The molecule has 6 heteroatoms. The Balaban J connectivity index is 2.24. The van der Waals surface area contributed by atoms with E-state index in [1.54, 1.807) is 31.4 Å². The summed E-state index contributed by atoms with van der Waals surface area (Å²) in [4.78, 5) is 22.8. The summed E-state index contributed by atoms with van der Waals surface area (Å²) in [5.41, 5.74) is 0.528. The van der Waals surface area contributed by atoms with Crippen LogP contribution in [0.3, 0.4) is 0 Å². The van der Waals surface area contributed by atoms with E-state index in [2.05, 4.69) is 10.4 Å². The van der Waals surface area contributed by atoms with Gasteiger partial charge in [-0.3, -0.25) is 9.48 Å². The molecule has 0 unspecified atom stereocenters. The van der Waals surface area contributed by atoms with E-state index in [4.69, 9.17) is 5.11 Å². The van der Waals surface area contributed by atoms with E-state index in [1.807, 2.05) is 0 Å². The van der Waals surface area contributed by atoms with Gasteiger partial charge in [-0.15, -0.1) is 0 Å². The minimum atomic E-state index is -1.09. The van der Waals surface area contributed by atoms with Gasteiger partial charge in [-0.05, 0) is 18.2 Å². The van der Waals surface area contributed by atoms with Crippen molar-refractivity contribution in [1.82, 2.24) is 9.78 Å². The lowest BCUT2D eigenvalue weighted by Crippen LogP contribution is -2.15. The lowest BCUT2D eigenvalue weighted by molar-refractivity contribution is 0.0698. The van der Waals surface area contributed by atoms with Crippen molar-refractivity contribution in [3.63, 3.8) is 0 Å². The van der Waals surface area contributed by atoms with E-state index >= 15 is 0 Å². The van der Waals surface area contributed by atoms with Crippen LogP contribution >= 0.6 is 0 Å². The third-order valence-electron chi connectivity index (χ3n) is 2.35. The van der Waals surface area contributed by atoms with E-state index in [0.717, 1.165) is 0 Å². The van der Waals surface area contributed by atoms with Crippen LogP contribution in [0.4, 0.5) is 5.69 Å². The highest BCUT2D eigenvalue weighted by atomic mass is 16.4. The maximum atomic E-state index is 11.8. The normalized spacial score (nSPS) is 10.1. The van der Waals surface area contributed by atoms with E-state index < -0.39 is 11.9 Å². The Hall–Kier alpha value is -2.63. The number of carboxylic acid groups (broad SMARTS) is 1. The SMILES string of the molecule is Cn1ccc(C(=O)Nc2ccccc2C(=O)O)n1. The molecule has 92 valence electrons. The number of anilines is 1. The van der Waals surface area contributed by atoms with Crippen LogP contribution in [-0.4, -0.2) is 26.8 Å². The van der Waals surface area contributed by atoms with Crippen LogP contribution in [0.1, 0.15) is 20.8 Å². The van der Waals surface area contributed by atoms with Gasteiger partial charge in [0, 0.05) is 13.2 Å². The van der Waals surface area contributed by atoms with E-state index in [9.17, 15) is 9.59 Å². The lowest BCUT2D eigenvalue weighted by Gasteiger charge is -2.06. The molecule has 0 saturated heterocycles. The minimum Gasteiger partial charge on any atom is -0.478 e. The summed E-state index contributed by atoms with van der Waals surface area (Å²) < 4.78 is 1.50. The van der Waals surface area contributed by atoms with Crippen molar-refractivity contribution in [1.29, 1.82) is 0 Å². The van der Waals surface area contributed by atoms with Crippen molar-refractivity contribution in [3.05, 3.63) is 47.8 Å². The monoisotopic (exact) mass is 245 g/mol. The Morgan fingerprint density at radius 3 is 2.61 bits per heavy atom. The molecular weight excluding hydrogens is 234 g/mol. The number of carbonyl (C=O) groups is 2. The maximum Gasteiger partial charge on any atom is 0.337 e. The Labute approximate surface area is 103 Å². The number of aromatic nitrogens is 2. The zero-order valence-corrected chi connectivity index (χ0v) is 9.62. The number of nitrogens with zero attached hydrogens (tertiary/aromatic N) is 2. The summed E-state index contributed by atoms with van der Waals surface area (Å²) in [6.45, 7) is 0. The molecule has 0 bridgehead atoms. The number of amides is 1. The molecule has 1 amide bonds. The van der Waals surface area contributed by atoms with Gasteiger partial charge in [-0.2, -0.15) is 5.10 Å². The number of carboxylic acids is 1. The van der Waals surface area contributed by atoms with Crippen LogP contribution in [0.5, 0.6) is 0 Å². The molecule has 0 fully saturated rings. The average molecular weight is 245 g/mol. The number of aromatic carboxylic acids is 1. The van der Waals surface area contributed by atoms with Crippen molar-refractivity contribution in [2.24, 2.45) is 7.05 Å². The third kappa shape index (κ3) is 2.37. The van der Waals surface area contributed by atoms with Crippen LogP contribution in [0.15, 0.2) is 36.5 Å². The van der Waals surface area contributed by atoms with Gasteiger partial charge >= 0.3 is 5.97 Å². The second-order valence-electron chi connectivity index (χ2n) is 3.68. The van der Waals surface area contributed by atoms with E-state index in [-0.39, 0.29) is 16.9 Å². The van der Waals surface area contributed by atoms with Crippen molar-refractivity contribution < 1.29 is 14.7 Å². The van der Waals surface area contributed by atoms with Crippen LogP contribution < -0.4 is 5.32 Å². The summed E-state index contributed by atoms with van der Waals surface area (Å²) in [5, 5.41) is 15.4. The molecular formula is C12H11N3O3. The fourth-order valence-corrected chi connectivity index (χ4v) is 1.50. The first-order valence-electron chi connectivity index (χ1n) is 5.21. The molecule has 1 aromatic carbocycles. The quantitative estimate of drug-likeness (QED) is 0.855. The Kier molecular flexibility index (Phi) is 3.09. The first-order valence-corrected chi connectivity index (χ1v) is 5.21. The number of nitrogens with one attached hydrogen (secondary N) is 1. The fourth-order valence-electron chi connectivity index (χ4n) is 1.50. The van der Waals surface area contributed by atoms with Gasteiger partial charge in [0.1, 0.15) is 0 Å². The van der Waals surface area contributed by atoms with Crippen LogP contribution in [0.2, 0.25) is 0 Å². The summed E-state index contributed by atoms with van der Waals surface area (Å²) in [6, 6.07) is 7.76. The molecule has 0 spiro atoms. The fraction of sp³-hybridized carbons (Fsp3) is 0.0833. The molecule has 18 heavy (non-hydrogen) atoms. The first kappa shape index (κ1) is 11.8. The van der Waals surface area contributed by atoms with Crippen molar-refractivity contribution >= 4 is 17.6 Å². The predicted molar refractivity (Wildman–Crippen MR) is 64.6 cm³/mol. The number of hydrogen-bond acceptors (Lipinski definition) is 3. The topological polar surface area (TPSA) is 84.2 Å². The van der Waals surface area contributed by atoms with Gasteiger partial charge in [0.15, 0.2) is 5.69 Å². The van der Waals surface area contributed by atoms with Gasteiger partial charge in [0.2, 0.25) is 0 Å². The molecule has 0 aliphatic carbocycles. The smallest absolute Gasteiger partial charge is 0.337 e. The zero-order chi connectivity index (χ0) is 13.1. The Morgan fingerprint density at radius 1 is 1.28 bits per heavy atom. The maximum absolute atomic E-state index is 11.8. The molecule has 1 heterocycles. The summed E-state index contributed by atoms with van der Waals surface area (Å²) in [6.07, 6.45) is 1.64. The van der Waals surface area contributed by atoms with Gasteiger partial charge in [0.05, 0.1) is 11.3 Å². The van der Waals surface area contributed by atoms with E-state index in [0.29, 0.717) is 0 Å². The van der Waals surface area contributed by atoms with Gasteiger partial charge in [-0.1, -0.05) is 12.1 Å². The molecule has 0 radical (unpaired) electrons. The molecule has 0 aliphatic rings. The molecule has 2 rings (SSSR count). The second kappa shape index (κ2) is 4.70. The molecule has 6 nitrogen and oxygen atoms in total. The summed E-state index contributed by atoms with van der Waals surface area (Å²) in [7, 11) is 1.70. The number of benzene rings is 1. The van der Waals surface area contributed by atoms with Gasteiger partial charge in [-0.25, -0.2) is 4.79 Å². The number of carbonyl (C=O) groups excluding carboxylic acids is 1. The minimum absolute atomic E-state index is 0.0433. The van der Waals surface area contributed by atoms with Crippen LogP contribution in [0, 0.1) is 0 Å². The predicted octanol–water partition coefficient (Wildman–Crippen LogP) is 1.37. The number of rotatable bonds is 3. The van der Waals surface area contributed by atoms with E-state index in [1.165, 1.54) is 16.8 Å². The lowest BCUT2D eigenvalue weighted by atomic mass is 10.2. The number of aryl methyl sites for hydroxylation is 1. The largest absolute Gasteiger partial charge is 0.478 e. The second-order valence-corrected chi connectivity index (χ2v) is 3.68. The first-order chi connectivity index (χ1) is 8.58. The zero-order valence-electron chi connectivity index (χ0n) is 9.62.